The van der Waals surface area contributed by atoms with Gasteiger partial charge in [-0.25, -0.2) is 29.1 Å². The van der Waals surface area contributed by atoms with Gasteiger partial charge in [-0.15, -0.1) is 11.3 Å². The lowest BCUT2D eigenvalue weighted by atomic mass is 10.2. The largest absolute Gasteiger partial charge is 0.462 e. The van der Waals surface area contributed by atoms with Gasteiger partial charge < -0.3 is 25.0 Å². The van der Waals surface area contributed by atoms with Gasteiger partial charge in [-0.3, -0.25) is 0 Å². The minimum atomic E-state index is -0.504. The van der Waals surface area contributed by atoms with Gasteiger partial charge in [0.15, 0.2) is 11.6 Å². The lowest BCUT2D eigenvalue weighted by Gasteiger charge is -2.28. The molecule has 3 aromatic heterocycles. The second kappa shape index (κ2) is 10.6. The number of benzene rings is 1. The van der Waals surface area contributed by atoms with Crippen molar-refractivity contribution in [3.8, 4) is 11.4 Å². The van der Waals surface area contributed by atoms with Crippen molar-refractivity contribution in [1.29, 1.82) is 0 Å². The van der Waals surface area contributed by atoms with E-state index in [4.69, 9.17) is 25.2 Å². The van der Waals surface area contributed by atoms with Crippen molar-refractivity contribution in [2.75, 3.05) is 55.5 Å². The molecule has 0 unspecified atom stereocenters. The summed E-state index contributed by atoms with van der Waals surface area (Å²) in [5, 5.41) is 0. The Morgan fingerprint density at radius 1 is 1.22 bits per heavy atom. The topological polar surface area (TPSA) is 120 Å². The number of rotatable bonds is 7. The molecule has 0 atom stereocenters. The van der Waals surface area contributed by atoms with Crippen LogP contribution in [0.5, 0.6) is 0 Å². The molecule has 1 aliphatic heterocycles. The van der Waals surface area contributed by atoms with Crippen molar-refractivity contribution in [2.24, 2.45) is 0 Å². The van der Waals surface area contributed by atoms with Gasteiger partial charge in [-0.1, -0.05) is 0 Å². The maximum Gasteiger partial charge on any atom is 0.341 e. The maximum atomic E-state index is 14.2. The number of morpholine rings is 1. The second-order valence-corrected chi connectivity index (χ2v) is 9.62. The molecule has 2 N–H and O–H groups in total. The SMILES string of the molecule is CCOC(=O)c1cnc(N(C)Cc2cc3nc(-c4ccc(N)c(F)c4)nc(N4CCOCC4)c3s2)nc1. The van der Waals surface area contributed by atoms with Crippen LogP contribution in [0.25, 0.3) is 21.6 Å². The molecule has 1 aromatic carbocycles. The van der Waals surface area contributed by atoms with E-state index in [1.807, 2.05) is 18.0 Å². The number of aromatic nitrogens is 4. The van der Waals surface area contributed by atoms with Crippen molar-refractivity contribution in [1.82, 2.24) is 19.9 Å². The zero-order chi connectivity index (χ0) is 25.9. The Kier molecular flexibility index (Phi) is 7.10. The number of nitrogen functional groups attached to an aromatic ring is 1. The van der Waals surface area contributed by atoms with Gasteiger partial charge in [0.25, 0.3) is 0 Å². The normalized spacial score (nSPS) is 13.6. The second-order valence-electron chi connectivity index (χ2n) is 8.48. The van der Waals surface area contributed by atoms with Crippen LogP contribution in [-0.4, -0.2) is 65.9 Å². The first-order valence-corrected chi connectivity index (χ1v) is 12.6. The third-order valence-electron chi connectivity index (χ3n) is 5.86. The Balaban J connectivity index is 1.46. The van der Waals surface area contributed by atoms with Crippen LogP contribution in [0.2, 0.25) is 0 Å². The predicted molar refractivity (Wildman–Crippen MR) is 140 cm³/mol. The average molecular weight is 524 g/mol. The summed E-state index contributed by atoms with van der Waals surface area (Å²) < 4.78 is 25.7. The fraction of sp³-hybridized carbons (Fsp3) is 0.320. The number of nitrogens with two attached hydrogens (primary N) is 1. The summed E-state index contributed by atoms with van der Waals surface area (Å²) in [6.45, 7) is 5.18. The van der Waals surface area contributed by atoms with Gasteiger partial charge >= 0.3 is 5.97 Å². The third-order valence-corrected chi connectivity index (χ3v) is 6.96. The van der Waals surface area contributed by atoms with E-state index < -0.39 is 11.8 Å². The number of anilines is 3. The van der Waals surface area contributed by atoms with Crippen LogP contribution in [0.4, 0.5) is 21.8 Å². The van der Waals surface area contributed by atoms with Gasteiger partial charge in [0.05, 0.1) is 47.8 Å². The van der Waals surface area contributed by atoms with Crippen LogP contribution in [0.15, 0.2) is 36.7 Å². The van der Waals surface area contributed by atoms with E-state index in [2.05, 4.69) is 14.9 Å². The van der Waals surface area contributed by atoms with Gasteiger partial charge in [0.2, 0.25) is 5.95 Å². The summed E-state index contributed by atoms with van der Waals surface area (Å²) in [6, 6.07) is 6.61. The van der Waals surface area contributed by atoms with Crippen molar-refractivity contribution < 1.29 is 18.7 Å². The van der Waals surface area contributed by atoms with E-state index in [-0.39, 0.29) is 12.3 Å². The summed E-state index contributed by atoms with van der Waals surface area (Å²) in [5.41, 5.74) is 7.38. The molecule has 12 heteroatoms. The Labute approximate surface area is 216 Å². The molecule has 192 valence electrons. The number of halogens is 1. The van der Waals surface area contributed by atoms with Crippen LogP contribution in [0.3, 0.4) is 0 Å². The molecule has 10 nitrogen and oxygen atoms in total. The summed E-state index contributed by atoms with van der Waals surface area (Å²) in [7, 11) is 1.88. The first-order chi connectivity index (χ1) is 17.9. The molecule has 0 bridgehead atoms. The van der Waals surface area contributed by atoms with E-state index in [0.29, 0.717) is 55.7 Å². The number of esters is 1. The predicted octanol–water partition coefficient (Wildman–Crippen LogP) is 3.52. The zero-order valence-electron chi connectivity index (χ0n) is 20.5. The number of carbonyl (C=O) groups is 1. The van der Waals surface area contributed by atoms with E-state index in [1.54, 1.807) is 24.3 Å². The highest BCUT2D eigenvalue weighted by Gasteiger charge is 2.21. The maximum absolute atomic E-state index is 14.2. The van der Waals surface area contributed by atoms with Gasteiger partial charge in [0, 0.05) is 43.0 Å². The molecule has 1 saturated heterocycles. The number of hydrogen-bond donors (Lipinski definition) is 1. The highest BCUT2D eigenvalue weighted by molar-refractivity contribution is 7.19. The minimum Gasteiger partial charge on any atom is -0.462 e. The lowest BCUT2D eigenvalue weighted by Crippen LogP contribution is -2.36. The van der Waals surface area contributed by atoms with Crippen LogP contribution in [0.1, 0.15) is 22.2 Å². The van der Waals surface area contributed by atoms with E-state index in [1.165, 1.54) is 24.5 Å². The number of ether oxygens (including phenoxy) is 2. The fourth-order valence-electron chi connectivity index (χ4n) is 3.97. The number of hydrogen-bond acceptors (Lipinski definition) is 11. The highest BCUT2D eigenvalue weighted by Crippen LogP contribution is 2.35. The van der Waals surface area contributed by atoms with Crippen molar-refractivity contribution in [3.63, 3.8) is 0 Å². The van der Waals surface area contributed by atoms with Crippen molar-refractivity contribution >= 4 is 45.0 Å². The molecule has 4 heterocycles. The summed E-state index contributed by atoms with van der Waals surface area (Å²) in [6.07, 6.45) is 2.92. The molecule has 0 amide bonds. The summed E-state index contributed by atoms with van der Waals surface area (Å²) in [5.74, 6) is 0.754. The summed E-state index contributed by atoms with van der Waals surface area (Å²) in [4.78, 5) is 35.2. The molecule has 0 aliphatic carbocycles. The molecule has 4 aromatic rings. The number of carbonyl (C=O) groups excluding carboxylic acids is 1. The number of thiophene rings is 1. The van der Waals surface area contributed by atoms with Crippen LogP contribution < -0.4 is 15.5 Å². The molecule has 1 fully saturated rings. The standard InChI is InChI=1S/C25H26FN7O3S/c1-3-36-24(34)16-12-28-25(29-13-16)32(2)14-17-11-20-21(37-17)23(33-6-8-35-9-7-33)31-22(30-20)15-4-5-19(27)18(26)10-15/h4-5,10-13H,3,6-9,14,27H2,1-2H3. The van der Waals surface area contributed by atoms with E-state index >= 15 is 0 Å². The Bertz CT molecular complexity index is 1420. The fourth-order valence-corrected chi connectivity index (χ4v) is 5.14. The molecular weight excluding hydrogens is 497 g/mol. The van der Waals surface area contributed by atoms with E-state index in [9.17, 15) is 9.18 Å². The van der Waals surface area contributed by atoms with Crippen LogP contribution >= 0.6 is 11.3 Å². The average Bonchev–Trinajstić information content (AvgIpc) is 3.32. The molecule has 0 radical (unpaired) electrons. The molecule has 0 saturated carbocycles. The first-order valence-electron chi connectivity index (χ1n) is 11.8. The van der Waals surface area contributed by atoms with E-state index in [0.717, 1.165) is 20.9 Å². The molecule has 1 aliphatic rings. The minimum absolute atomic E-state index is 0.0802. The molecule has 5 rings (SSSR count). The Morgan fingerprint density at radius 2 is 1.97 bits per heavy atom. The highest BCUT2D eigenvalue weighted by atomic mass is 32.1. The van der Waals surface area contributed by atoms with Gasteiger partial charge in [-0.05, 0) is 31.2 Å². The van der Waals surface area contributed by atoms with Crippen molar-refractivity contribution in [3.05, 3.63) is 52.9 Å². The quantitative estimate of drug-likeness (QED) is 0.285. The smallest absolute Gasteiger partial charge is 0.341 e. The van der Waals surface area contributed by atoms with Gasteiger partial charge in [-0.2, -0.15) is 0 Å². The molecular formula is C25H26FN7O3S. The summed E-state index contributed by atoms with van der Waals surface area (Å²) >= 11 is 1.59. The van der Waals surface area contributed by atoms with Gasteiger partial charge in [0.1, 0.15) is 5.82 Å². The molecule has 37 heavy (non-hydrogen) atoms. The van der Waals surface area contributed by atoms with Crippen molar-refractivity contribution in [2.45, 2.75) is 13.5 Å². The monoisotopic (exact) mass is 523 g/mol. The van der Waals surface area contributed by atoms with Crippen LogP contribution in [0, 0.1) is 5.82 Å². The Hall–Kier alpha value is -3.90. The first kappa shape index (κ1) is 24.8. The molecule has 0 spiro atoms. The third kappa shape index (κ3) is 5.30. The number of nitrogens with zero attached hydrogens (tertiary/aromatic N) is 6. The zero-order valence-corrected chi connectivity index (χ0v) is 21.3. The number of fused-ring (bicyclic) bond motifs is 1. The van der Waals surface area contributed by atoms with Crippen LogP contribution in [-0.2, 0) is 16.0 Å². The lowest BCUT2D eigenvalue weighted by molar-refractivity contribution is 0.0525. The Morgan fingerprint density at radius 3 is 2.68 bits per heavy atom.